The number of likely N-dealkylation sites (tertiary alicyclic amines) is 1. The van der Waals surface area contributed by atoms with E-state index in [2.05, 4.69) is 20.2 Å². The van der Waals surface area contributed by atoms with E-state index >= 15 is 0 Å². The van der Waals surface area contributed by atoms with E-state index in [1.54, 1.807) is 10.7 Å². The van der Waals surface area contributed by atoms with Gasteiger partial charge in [-0.3, -0.25) is 9.69 Å². The van der Waals surface area contributed by atoms with Crippen molar-refractivity contribution in [3.8, 4) is 0 Å². The number of rotatable bonds is 5. The summed E-state index contributed by atoms with van der Waals surface area (Å²) in [6, 6.07) is 2.11. The Labute approximate surface area is 152 Å². The first-order valence-corrected chi connectivity index (χ1v) is 9.92. The highest BCUT2D eigenvalue weighted by Crippen LogP contribution is 2.39. The van der Waals surface area contributed by atoms with Crippen molar-refractivity contribution in [1.82, 2.24) is 24.9 Å². The Balaban J connectivity index is 1.30. The molecule has 0 aromatic carbocycles. The van der Waals surface area contributed by atoms with Crippen molar-refractivity contribution < 1.29 is 4.42 Å². The Morgan fingerprint density at radius 3 is 2.88 bits per heavy atom. The van der Waals surface area contributed by atoms with Gasteiger partial charge in [-0.05, 0) is 63.5 Å². The molecule has 2 aromatic heterocycles. The number of hydrogen-bond acceptors (Lipinski definition) is 6. The maximum Gasteiger partial charge on any atom is 0.267 e. The average Bonchev–Trinajstić information content (AvgIpc) is 3.24. The molecule has 26 heavy (non-hydrogen) atoms. The fraction of sp³-hybridized carbons (Fsp3) is 0.684. The van der Waals surface area contributed by atoms with E-state index in [1.165, 1.54) is 25.7 Å². The smallest absolute Gasteiger partial charge is 0.267 e. The summed E-state index contributed by atoms with van der Waals surface area (Å²) >= 11 is 0. The molecule has 1 saturated heterocycles. The summed E-state index contributed by atoms with van der Waals surface area (Å²) < 4.78 is 7.50. The van der Waals surface area contributed by atoms with Crippen LogP contribution in [0.5, 0.6) is 0 Å². The first kappa shape index (κ1) is 16.2. The van der Waals surface area contributed by atoms with Crippen LogP contribution in [0, 0.1) is 0 Å². The summed E-state index contributed by atoms with van der Waals surface area (Å²) in [5.74, 6) is 1.98. The van der Waals surface area contributed by atoms with E-state index in [4.69, 9.17) is 4.42 Å². The third-order valence-electron chi connectivity index (χ3n) is 5.90. The highest BCUT2D eigenvalue weighted by atomic mass is 16.4. The summed E-state index contributed by atoms with van der Waals surface area (Å²) in [6.07, 6.45) is 8.88. The fourth-order valence-corrected chi connectivity index (χ4v) is 4.24. The molecule has 1 saturated carbocycles. The van der Waals surface area contributed by atoms with Crippen molar-refractivity contribution in [2.75, 3.05) is 6.54 Å². The molecule has 0 N–H and O–H groups in total. The lowest BCUT2D eigenvalue weighted by Crippen LogP contribution is -2.37. The third-order valence-corrected chi connectivity index (χ3v) is 5.90. The SMILES string of the molecule is O=c1cc2c(nn1CC1CCCN1Cc1nnc(C3CC3)o1)CCCC2. The van der Waals surface area contributed by atoms with Crippen LogP contribution >= 0.6 is 0 Å². The zero-order valence-corrected chi connectivity index (χ0v) is 15.1. The standard InChI is InChI=1S/C19H25N5O2/c25-18-10-14-4-1-2-6-16(14)22-24(18)11-15-5-3-9-23(15)12-17-20-21-19(26-17)13-7-8-13/h10,13,15H,1-9,11-12H2. The van der Waals surface area contributed by atoms with Crippen LogP contribution in [0.2, 0.25) is 0 Å². The minimum absolute atomic E-state index is 0.0336. The molecule has 3 aliphatic rings. The van der Waals surface area contributed by atoms with Crippen LogP contribution in [-0.4, -0.2) is 37.5 Å². The molecule has 0 radical (unpaired) electrons. The minimum Gasteiger partial charge on any atom is -0.424 e. The summed E-state index contributed by atoms with van der Waals surface area (Å²) in [6.45, 7) is 2.32. The monoisotopic (exact) mass is 355 g/mol. The molecular weight excluding hydrogens is 330 g/mol. The lowest BCUT2D eigenvalue weighted by molar-refractivity contribution is 0.196. The molecule has 0 spiro atoms. The van der Waals surface area contributed by atoms with E-state index in [1.807, 2.05) is 0 Å². The molecule has 7 nitrogen and oxygen atoms in total. The Morgan fingerprint density at radius 1 is 1.12 bits per heavy atom. The minimum atomic E-state index is 0.0336. The first-order valence-electron chi connectivity index (χ1n) is 9.92. The quantitative estimate of drug-likeness (QED) is 0.817. The summed E-state index contributed by atoms with van der Waals surface area (Å²) in [5.41, 5.74) is 2.30. The molecule has 1 unspecified atom stereocenters. The topological polar surface area (TPSA) is 77.1 Å². The van der Waals surface area contributed by atoms with Crippen LogP contribution in [-0.2, 0) is 25.9 Å². The fourth-order valence-electron chi connectivity index (χ4n) is 4.24. The van der Waals surface area contributed by atoms with Crippen molar-refractivity contribution in [2.24, 2.45) is 0 Å². The molecule has 1 atom stereocenters. The van der Waals surface area contributed by atoms with Gasteiger partial charge in [0.15, 0.2) is 0 Å². The molecular formula is C19H25N5O2. The van der Waals surface area contributed by atoms with Crippen LogP contribution in [0.3, 0.4) is 0 Å². The number of aryl methyl sites for hydroxylation is 2. The van der Waals surface area contributed by atoms with E-state index in [0.29, 0.717) is 30.9 Å². The van der Waals surface area contributed by atoms with Gasteiger partial charge in [0.05, 0.1) is 18.8 Å². The Bertz CT molecular complexity index is 854. The molecule has 1 aliphatic heterocycles. The van der Waals surface area contributed by atoms with Gasteiger partial charge < -0.3 is 4.42 Å². The van der Waals surface area contributed by atoms with Gasteiger partial charge in [-0.2, -0.15) is 5.10 Å². The molecule has 2 aliphatic carbocycles. The van der Waals surface area contributed by atoms with Crippen molar-refractivity contribution in [3.63, 3.8) is 0 Å². The molecule has 3 heterocycles. The van der Waals surface area contributed by atoms with E-state index < -0.39 is 0 Å². The van der Waals surface area contributed by atoms with Gasteiger partial charge in [-0.15, -0.1) is 10.2 Å². The predicted molar refractivity (Wildman–Crippen MR) is 94.8 cm³/mol. The largest absolute Gasteiger partial charge is 0.424 e. The predicted octanol–water partition coefficient (Wildman–Crippen LogP) is 2.05. The number of nitrogens with zero attached hydrogens (tertiary/aromatic N) is 5. The van der Waals surface area contributed by atoms with Crippen molar-refractivity contribution >= 4 is 0 Å². The highest BCUT2D eigenvalue weighted by Gasteiger charge is 2.31. The lowest BCUT2D eigenvalue weighted by Gasteiger charge is -2.24. The third kappa shape index (κ3) is 3.20. The maximum atomic E-state index is 12.5. The first-order chi connectivity index (χ1) is 12.8. The van der Waals surface area contributed by atoms with Crippen molar-refractivity contribution in [3.05, 3.63) is 39.5 Å². The van der Waals surface area contributed by atoms with Gasteiger partial charge in [0.25, 0.3) is 5.56 Å². The van der Waals surface area contributed by atoms with Crippen LogP contribution in [0.4, 0.5) is 0 Å². The number of aromatic nitrogens is 4. The Kier molecular flexibility index (Phi) is 4.11. The van der Waals surface area contributed by atoms with Gasteiger partial charge in [0, 0.05) is 18.0 Å². The summed E-state index contributed by atoms with van der Waals surface area (Å²) in [5, 5.41) is 13.1. The molecule has 2 aromatic rings. The van der Waals surface area contributed by atoms with Gasteiger partial charge in [-0.25, -0.2) is 4.68 Å². The zero-order valence-electron chi connectivity index (χ0n) is 15.1. The van der Waals surface area contributed by atoms with Gasteiger partial charge in [-0.1, -0.05) is 0 Å². The second-order valence-corrected chi connectivity index (χ2v) is 7.92. The van der Waals surface area contributed by atoms with Crippen LogP contribution in [0.25, 0.3) is 0 Å². The van der Waals surface area contributed by atoms with Crippen LogP contribution in [0.1, 0.15) is 67.5 Å². The second kappa shape index (κ2) is 6.61. The molecule has 0 bridgehead atoms. The normalized spacial score (nSPS) is 23.3. The molecule has 2 fully saturated rings. The van der Waals surface area contributed by atoms with Crippen molar-refractivity contribution in [1.29, 1.82) is 0 Å². The highest BCUT2D eigenvalue weighted by molar-refractivity contribution is 5.20. The van der Waals surface area contributed by atoms with Gasteiger partial charge in [0.2, 0.25) is 11.8 Å². The maximum absolute atomic E-state index is 12.5. The van der Waals surface area contributed by atoms with E-state index in [0.717, 1.165) is 49.4 Å². The van der Waals surface area contributed by atoms with Crippen LogP contribution < -0.4 is 5.56 Å². The second-order valence-electron chi connectivity index (χ2n) is 7.92. The van der Waals surface area contributed by atoms with Gasteiger partial charge >= 0.3 is 0 Å². The van der Waals surface area contributed by atoms with E-state index in [-0.39, 0.29) is 5.56 Å². The molecule has 5 rings (SSSR count). The Morgan fingerprint density at radius 2 is 2.00 bits per heavy atom. The molecule has 0 amide bonds. The number of fused-ring (bicyclic) bond motifs is 1. The number of hydrogen-bond donors (Lipinski definition) is 0. The lowest BCUT2D eigenvalue weighted by atomic mass is 9.97. The van der Waals surface area contributed by atoms with Gasteiger partial charge in [0.1, 0.15) is 0 Å². The van der Waals surface area contributed by atoms with Crippen molar-refractivity contribution in [2.45, 2.75) is 76.4 Å². The van der Waals surface area contributed by atoms with Crippen LogP contribution in [0.15, 0.2) is 15.3 Å². The Hall–Kier alpha value is -2.02. The molecule has 7 heteroatoms. The zero-order chi connectivity index (χ0) is 17.5. The van der Waals surface area contributed by atoms with E-state index in [9.17, 15) is 4.79 Å². The summed E-state index contributed by atoms with van der Waals surface area (Å²) in [4.78, 5) is 14.8. The molecule has 138 valence electrons. The average molecular weight is 355 g/mol. The summed E-state index contributed by atoms with van der Waals surface area (Å²) in [7, 11) is 0.